The highest BCUT2D eigenvalue weighted by molar-refractivity contribution is 7.98. The van der Waals surface area contributed by atoms with Crippen molar-refractivity contribution >= 4 is 29.1 Å². The van der Waals surface area contributed by atoms with Gasteiger partial charge in [-0.1, -0.05) is 36.0 Å². The van der Waals surface area contributed by atoms with Gasteiger partial charge in [-0.15, -0.1) is 21.5 Å². The highest BCUT2D eigenvalue weighted by Gasteiger charge is 2.18. The average Bonchev–Trinajstić information content (AvgIpc) is 3.46. The van der Waals surface area contributed by atoms with Gasteiger partial charge in [-0.05, 0) is 35.7 Å². The van der Waals surface area contributed by atoms with Gasteiger partial charge in [-0.2, -0.15) is 0 Å². The highest BCUT2D eigenvalue weighted by Crippen LogP contribution is 2.31. The van der Waals surface area contributed by atoms with Crippen LogP contribution < -0.4 is 0 Å². The van der Waals surface area contributed by atoms with Crippen molar-refractivity contribution in [1.29, 1.82) is 0 Å². The maximum absolute atomic E-state index is 11.5. The van der Waals surface area contributed by atoms with Crippen LogP contribution in [0.25, 0.3) is 16.4 Å². The fraction of sp³-hybridized carbons (Fsp3) is 0.105. The molecule has 0 aliphatic rings. The van der Waals surface area contributed by atoms with Gasteiger partial charge in [-0.25, -0.2) is 4.79 Å². The number of ether oxygens (including phenoxy) is 1. The number of hydrogen-bond donors (Lipinski definition) is 0. The van der Waals surface area contributed by atoms with Gasteiger partial charge in [0.15, 0.2) is 11.0 Å². The van der Waals surface area contributed by atoms with Crippen molar-refractivity contribution in [2.75, 3.05) is 7.11 Å². The molecule has 1 aromatic carbocycles. The van der Waals surface area contributed by atoms with Crippen LogP contribution in [-0.2, 0) is 10.5 Å². The number of aromatic nitrogens is 3. The number of carbonyl (C=O) groups is 1. The van der Waals surface area contributed by atoms with E-state index in [9.17, 15) is 4.79 Å². The van der Waals surface area contributed by atoms with E-state index < -0.39 is 5.97 Å². The summed E-state index contributed by atoms with van der Waals surface area (Å²) in [5, 5.41) is 11.5. The molecule has 0 aliphatic carbocycles. The standard InChI is InChI=1S/C19H15N3O3S2/c1-24-18(23)15-10-9-14(25-15)12-27-19-21-20-17(16-8-5-11-26-16)22(19)13-6-3-2-4-7-13/h2-11H,12H2,1H3. The quantitative estimate of drug-likeness (QED) is 0.348. The third-order valence-corrected chi connectivity index (χ3v) is 5.60. The summed E-state index contributed by atoms with van der Waals surface area (Å²) in [6, 6.07) is 17.4. The van der Waals surface area contributed by atoms with E-state index in [1.807, 2.05) is 52.4 Å². The molecule has 27 heavy (non-hydrogen) atoms. The summed E-state index contributed by atoms with van der Waals surface area (Å²) < 4.78 is 12.2. The Hall–Kier alpha value is -2.84. The first kappa shape index (κ1) is 17.6. The zero-order chi connectivity index (χ0) is 18.6. The number of hydrogen-bond acceptors (Lipinski definition) is 7. The van der Waals surface area contributed by atoms with Gasteiger partial charge >= 0.3 is 5.97 Å². The minimum absolute atomic E-state index is 0.192. The summed E-state index contributed by atoms with van der Waals surface area (Å²) in [5.74, 6) is 1.69. The zero-order valence-corrected chi connectivity index (χ0v) is 16.0. The summed E-state index contributed by atoms with van der Waals surface area (Å²) >= 11 is 3.11. The zero-order valence-electron chi connectivity index (χ0n) is 14.4. The van der Waals surface area contributed by atoms with Crippen LogP contribution >= 0.6 is 23.1 Å². The monoisotopic (exact) mass is 397 g/mol. The van der Waals surface area contributed by atoms with Crippen LogP contribution in [0.4, 0.5) is 0 Å². The number of furan rings is 1. The Labute approximate surface area is 163 Å². The molecule has 6 nitrogen and oxygen atoms in total. The van der Waals surface area contributed by atoms with Gasteiger partial charge in [0, 0.05) is 5.69 Å². The second-order valence-corrected chi connectivity index (χ2v) is 7.39. The SMILES string of the molecule is COC(=O)c1ccc(CSc2nnc(-c3cccs3)n2-c2ccccc2)o1. The molecule has 0 amide bonds. The fourth-order valence-corrected chi connectivity index (χ4v) is 4.08. The van der Waals surface area contributed by atoms with E-state index in [0.717, 1.165) is 21.5 Å². The summed E-state index contributed by atoms with van der Waals surface area (Å²) in [5.41, 5.74) is 0.989. The van der Waals surface area contributed by atoms with Crippen molar-refractivity contribution in [2.45, 2.75) is 10.9 Å². The summed E-state index contributed by atoms with van der Waals surface area (Å²) in [6.07, 6.45) is 0. The number of rotatable bonds is 6. The minimum atomic E-state index is -0.487. The highest BCUT2D eigenvalue weighted by atomic mass is 32.2. The Kier molecular flexibility index (Phi) is 5.08. The first-order valence-corrected chi connectivity index (χ1v) is 9.97. The molecule has 0 fully saturated rings. The van der Waals surface area contributed by atoms with Crippen molar-refractivity contribution in [1.82, 2.24) is 14.8 Å². The molecule has 0 N–H and O–H groups in total. The van der Waals surface area contributed by atoms with E-state index >= 15 is 0 Å². The van der Waals surface area contributed by atoms with E-state index in [4.69, 9.17) is 4.42 Å². The lowest BCUT2D eigenvalue weighted by atomic mass is 10.3. The number of carbonyl (C=O) groups excluding carboxylic acids is 1. The van der Waals surface area contributed by atoms with Crippen LogP contribution in [0.1, 0.15) is 16.3 Å². The van der Waals surface area contributed by atoms with Crippen molar-refractivity contribution in [3.63, 3.8) is 0 Å². The third-order valence-electron chi connectivity index (χ3n) is 3.78. The molecule has 0 radical (unpaired) electrons. The Bertz CT molecular complexity index is 1040. The predicted octanol–water partition coefficient (Wildman–Crippen LogP) is 4.67. The van der Waals surface area contributed by atoms with Crippen molar-refractivity contribution in [3.05, 3.63) is 71.5 Å². The van der Waals surface area contributed by atoms with Gasteiger partial charge in [0.2, 0.25) is 5.76 Å². The third kappa shape index (κ3) is 3.67. The molecular weight excluding hydrogens is 382 g/mol. The van der Waals surface area contributed by atoms with E-state index in [2.05, 4.69) is 14.9 Å². The number of thioether (sulfide) groups is 1. The summed E-state index contributed by atoms with van der Waals surface area (Å²) in [4.78, 5) is 12.6. The summed E-state index contributed by atoms with van der Waals surface area (Å²) in [7, 11) is 1.33. The van der Waals surface area contributed by atoms with Crippen LogP contribution in [0.15, 0.2) is 69.6 Å². The van der Waals surface area contributed by atoms with Crippen molar-refractivity contribution < 1.29 is 13.9 Å². The number of thiophene rings is 1. The number of methoxy groups -OCH3 is 1. The van der Waals surface area contributed by atoms with Crippen LogP contribution in [0.3, 0.4) is 0 Å². The van der Waals surface area contributed by atoms with Gasteiger partial charge in [0.05, 0.1) is 17.7 Å². The molecule has 0 bridgehead atoms. The fourth-order valence-electron chi connectivity index (χ4n) is 2.54. The first-order valence-electron chi connectivity index (χ1n) is 8.11. The van der Waals surface area contributed by atoms with E-state index in [1.54, 1.807) is 23.5 Å². The molecule has 0 atom stereocenters. The van der Waals surface area contributed by atoms with Crippen LogP contribution in [0.2, 0.25) is 0 Å². The van der Waals surface area contributed by atoms with E-state index in [0.29, 0.717) is 11.5 Å². The molecule has 0 saturated heterocycles. The normalized spacial score (nSPS) is 10.9. The van der Waals surface area contributed by atoms with Gasteiger partial charge in [0.25, 0.3) is 0 Å². The molecule has 8 heteroatoms. The lowest BCUT2D eigenvalue weighted by molar-refractivity contribution is 0.0563. The first-order chi connectivity index (χ1) is 13.3. The Morgan fingerprint density at radius 1 is 1.15 bits per heavy atom. The molecule has 0 saturated carbocycles. The molecule has 0 aliphatic heterocycles. The van der Waals surface area contributed by atoms with Gasteiger partial charge in [0.1, 0.15) is 5.76 Å². The number of benzene rings is 1. The van der Waals surface area contributed by atoms with Gasteiger partial charge in [-0.3, -0.25) is 4.57 Å². The predicted molar refractivity (Wildman–Crippen MR) is 104 cm³/mol. The maximum atomic E-state index is 11.5. The molecule has 0 spiro atoms. The van der Waals surface area contributed by atoms with Crippen LogP contribution in [0, 0.1) is 0 Å². The topological polar surface area (TPSA) is 70.2 Å². The Morgan fingerprint density at radius 2 is 2.00 bits per heavy atom. The maximum Gasteiger partial charge on any atom is 0.373 e. The molecule has 3 heterocycles. The van der Waals surface area contributed by atoms with Crippen LogP contribution in [0.5, 0.6) is 0 Å². The second-order valence-electron chi connectivity index (χ2n) is 5.50. The largest absolute Gasteiger partial charge is 0.463 e. The lowest BCUT2D eigenvalue weighted by Crippen LogP contribution is -1.99. The second kappa shape index (κ2) is 7.81. The van der Waals surface area contributed by atoms with Gasteiger partial charge < -0.3 is 9.15 Å². The Balaban J connectivity index is 1.63. The number of esters is 1. The van der Waals surface area contributed by atoms with Crippen molar-refractivity contribution in [2.24, 2.45) is 0 Å². The summed E-state index contributed by atoms with van der Waals surface area (Å²) in [6.45, 7) is 0. The molecule has 4 rings (SSSR count). The number of nitrogens with zero attached hydrogens (tertiary/aromatic N) is 3. The average molecular weight is 397 g/mol. The smallest absolute Gasteiger partial charge is 0.373 e. The lowest BCUT2D eigenvalue weighted by Gasteiger charge is -2.08. The molecule has 0 unspecified atom stereocenters. The molecule has 3 aromatic heterocycles. The molecular formula is C19H15N3O3S2. The molecule has 4 aromatic rings. The van der Waals surface area contributed by atoms with Crippen LogP contribution in [-0.4, -0.2) is 27.8 Å². The van der Waals surface area contributed by atoms with E-state index in [-0.39, 0.29) is 5.76 Å². The minimum Gasteiger partial charge on any atom is -0.463 e. The van der Waals surface area contributed by atoms with Crippen molar-refractivity contribution in [3.8, 4) is 16.4 Å². The Morgan fingerprint density at radius 3 is 2.74 bits per heavy atom. The van der Waals surface area contributed by atoms with E-state index in [1.165, 1.54) is 18.9 Å². The number of para-hydroxylation sites is 1. The molecule has 136 valence electrons.